The Morgan fingerprint density at radius 1 is 0.839 bits per heavy atom. The number of Topliss-reactive ketones (excluding diaryl/α,β-unsaturated/α-hetero) is 3. The van der Waals surface area contributed by atoms with Gasteiger partial charge in [0, 0.05) is 45.4 Å². The second-order valence-corrected chi connectivity index (χ2v) is 18.1. The van der Waals surface area contributed by atoms with Crippen molar-refractivity contribution in [2.45, 2.75) is 161 Å². The Morgan fingerprint density at radius 3 is 2.21 bits per heavy atom. The van der Waals surface area contributed by atoms with Crippen LogP contribution < -0.4 is 0 Å². The summed E-state index contributed by atoms with van der Waals surface area (Å²) in [5.74, 6) is -3.38. The number of nitrogens with zero attached hydrogens (tertiary/aromatic N) is 1. The van der Waals surface area contributed by atoms with Crippen molar-refractivity contribution in [2.75, 3.05) is 47.2 Å². The summed E-state index contributed by atoms with van der Waals surface area (Å²) in [7, 11) is 3.01. The minimum Gasteiger partial charge on any atom is -0.460 e. The number of esters is 1. The molecule has 0 aromatic rings. The van der Waals surface area contributed by atoms with Crippen LogP contribution in [0.15, 0.2) is 47.6 Å². The predicted molar refractivity (Wildman–Crippen MR) is 235 cm³/mol. The van der Waals surface area contributed by atoms with E-state index in [-0.39, 0.29) is 60.6 Å². The van der Waals surface area contributed by atoms with E-state index >= 15 is 0 Å². The van der Waals surface area contributed by atoms with Crippen molar-refractivity contribution in [1.82, 2.24) is 4.90 Å². The first-order valence-electron chi connectivity index (χ1n) is 22.9. The molecule has 3 saturated heterocycles. The third kappa shape index (κ3) is 13.8. The molecular weight excluding hydrogens is 795 g/mol. The summed E-state index contributed by atoms with van der Waals surface area (Å²) in [6.07, 6.45) is 13.1. The number of ketones is 3. The van der Waals surface area contributed by atoms with Crippen LogP contribution in [0.25, 0.3) is 0 Å². The highest BCUT2D eigenvalue weighted by Crippen LogP contribution is 2.38. The van der Waals surface area contributed by atoms with Gasteiger partial charge in [-0.2, -0.15) is 0 Å². The zero-order valence-electron chi connectivity index (χ0n) is 39.1. The van der Waals surface area contributed by atoms with Crippen LogP contribution in [-0.4, -0.2) is 130 Å². The molecular formula is C49H75NO12. The standard InChI is InChI=1S/C49H75NO12/c1-11-37-27-41(51)33(4)26-35(6)44(56-9)45(57-10)43(52)34(5)25-31(2)17-13-12-14-18-32(3)42(60-24-23-59-39-29-58-30-39)28-38-21-20-36(7)49(8,62-38)46(53)47(54)50-22-16-15-19-40(50)48(55)61-37/h12-14,17-18,26,31,33-34,36-40,42,44-45H,11,15-16,19-25,27-30H2,1-10H3/b14-12+,17-13+,32-18+,35-26+/t31-,33-,34-,36-,37-,38+,40+,42?,44-,45+,49-/m1/s1. The van der Waals surface area contributed by atoms with Crippen molar-refractivity contribution in [3.8, 4) is 0 Å². The SMILES string of the molecule is CC[C@@H]1CC(=O)[C@H](C)/C=C(\C)[C@@H](OC)[C@@H](OC)C(=O)[C@H](C)C[C@H](C)/C=C/C=C/C=C(\C)C(OCCOC2COC2)C[C@@H]2CC[C@@H](C)[C@@](C)(O2)C(=O)C(=O)N2CCCC[C@H]2C(=O)O1. The fraction of sp³-hybridized carbons (Fsp3) is 0.735. The highest BCUT2D eigenvalue weighted by Gasteiger charge is 2.51. The molecule has 0 aromatic carbocycles. The number of cyclic esters (lactones) is 1. The van der Waals surface area contributed by atoms with Gasteiger partial charge in [-0.25, -0.2) is 4.79 Å². The van der Waals surface area contributed by atoms with E-state index < -0.39 is 53.5 Å². The highest BCUT2D eigenvalue weighted by atomic mass is 16.6. The molecule has 62 heavy (non-hydrogen) atoms. The highest BCUT2D eigenvalue weighted by molar-refractivity contribution is 6.39. The van der Waals surface area contributed by atoms with Gasteiger partial charge in [0.25, 0.3) is 11.7 Å². The maximum absolute atomic E-state index is 14.4. The van der Waals surface area contributed by atoms with E-state index in [0.29, 0.717) is 83.4 Å². The summed E-state index contributed by atoms with van der Waals surface area (Å²) in [6.45, 7) is 17.2. The summed E-state index contributed by atoms with van der Waals surface area (Å²) in [4.78, 5) is 71.2. The zero-order chi connectivity index (χ0) is 45.6. The summed E-state index contributed by atoms with van der Waals surface area (Å²) < 4.78 is 41.7. The molecule has 13 heteroatoms. The van der Waals surface area contributed by atoms with E-state index in [2.05, 4.69) is 13.0 Å². The number of methoxy groups -OCH3 is 2. The Hall–Kier alpha value is -3.33. The number of hydrogen-bond acceptors (Lipinski definition) is 12. The van der Waals surface area contributed by atoms with Crippen molar-refractivity contribution in [2.24, 2.45) is 23.7 Å². The Balaban J connectivity index is 1.65. The molecule has 4 aliphatic heterocycles. The van der Waals surface area contributed by atoms with Gasteiger partial charge < -0.3 is 38.1 Å². The van der Waals surface area contributed by atoms with Gasteiger partial charge in [-0.1, -0.05) is 71.1 Å². The fourth-order valence-corrected chi connectivity index (χ4v) is 8.89. The zero-order valence-corrected chi connectivity index (χ0v) is 39.1. The van der Waals surface area contributed by atoms with Crippen LogP contribution in [-0.2, 0) is 57.1 Å². The van der Waals surface area contributed by atoms with Gasteiger partial charge in [0.2, 0.25) is 0 Å². The molecule has 1 amide bonds. The van der Waals surface area contributed by atoms with Crippen LogP contribution in [0, 0.1) is 23.7 Å². The summed E-state index contributed by atoms with van der Waals surface area (Å²) in [5, 5.41) is 0. The lowest BCUT2D eigenvalue weighted by Gasteiger charge is -2.44. The number of carbonyl (C=O) groups excluding carboxylic acids is 5. The van der Waals surface area contributed by atoms with Crippen LogP contribution in [0.2, 0.25) is 0 Å². The minimum absolute atomic E-state index is 0.0403. The Kier molecular flexibility index (Phi) is 20.4. The van der Waals surface area contributed by atoms with Gasteiger partial charge >= 0.3 is 5.97 Å². The molecule has 0 saturated carbocycles. The Bertz CT molecular complexity index is 1650. The fourth-order valence-electron chi connectivity index (χ4n) is 8.89. The van der Waals surface area contributed by atoms with E-state index in [9.17, 15) is 24.0 Å². The van der Waals surface area contributed by atoms with Crippen molar-refractivity contribution < 1.29 is 57.1 Å². The molecule has 0 aromatic heterocycles. The first-order chi connectivity index (χ1) is 29.5. The predicted octanol–water partition coefficient (Wildman–Crippen LogP) is 6.90. The number of carbonyl (C=O) groups is 5. The molecule has 1 unspecified atom stereocenters. The number of hydrogen-bond donors (Lipinski definition) is 0. The number of amides is 1. The molecule has 13 nitrogen and oxygen atoms in total. The average Bonchev–Trinajstić information content (AvgIpc) is 3.23. The number of allylic oxidation sites excluding steroid dienone is 6. The minimum atomic E-state index is -1.42. The first kappa shape index (κ1) is 51.3. The van der Waals surface area contributed by atoms with Crippen molar-refractivity contribution >= 4 is 29.2 Å². The van der Waals surface area contributed by atoms with E-state index in [1.165, 1.54) is 19.1 Å². The first-order valence-corrected chi connectivity index (χ1v) is 22.9. The molecule has 0 radical (unpaired) electrons. The van der Waals surface area contributed by atoms with Gasteiger partial charge in [0.15, 0.2) is 5.78 Å². The molecule has 0 spiro atoms. The number of ether oxygens (including phenoxy) is 7. The summed E-state index contributed by atoms with van der Waals surface area (Å²) in [6, 6.07) is -0.961. The van der Waals surface area contributed by atoms with Crippen molar-refractivity contribution in [3.63, 3.8) is 0 Å². The van der Waals surface area contributed by atoms with E-state index in [4.69, 9.17) is 33.2 Å². The largest absolute Gasteiger partial charge is 0.460 e. The van der Waals surface area contributed by atoms with Crippen LogP contribution in [0.4, 0.5) is 0 Å². The smallest absolute Gasteiger partial charge is 0.329 e. The topological polar surface area (TPSA) is 153 Å². The lowest BCUT2D eigenvalue weighted by Crippen LogP contribution is -2.59. The maximum atomic E-state index is 14.4. The third-order valence-corrected chi connectivity index (χ3v) is 13.2. The van der Waals surface area contributed by atoms with Crippen LogP contribution in [0.3, 0.4) is 0 Å². The van der Waals surface area contributed by atoms with Gasteiger partial charge in [0.1, 0.15) is 41.8 Å². The van der Waals surface area contributed by atoms with Gasteiger partial charge in [0.05, 0.1) is 38.6 Å². The third-order valence-electron chi connectivity index (χ3n) is 13.2. The molecule has 348 valence electrons. The maximum Gasteiger partial charge on any atom is 0.329 e. The van der Waals surface area contributed by atoms with Crippen molar-refractivity contribution in [1.29, 1.82) is 0 Å². The van der Waals surface area contributed by atoms with Crippen LogP contribution in [0.5, 0.6) is 0 Å². The second kappa shape index (κ2) is 24.7. The second-order valence-electron chi connectivity index (χ2n) is 18.1. The van der Waals surface area contributed by atoms with Gasteiger partial charge in [-0.05, 0) is 88.7 Å². The lowest BCUT2D eigenvalue weighted by atomic mass is 9.78. The lowest BCUT2D eigenvalue weighted by molar-refractivity contribution is -0.185. The molecule has 0 N–H and O–H groups in total. The van der Waals surface area contributed by atoms with E-state index in [1.54, 1.807) is 19.9 Å². The summed E-state index contributed by atoms with van der Waals surface area (Å²) >= 11 is 0. The molecule has 0 aliphatic carbocycles. The molecule has 2 bridgehead atoms. The number of rotatable bonds is 8. The molecule has 4 rings (SSSR count). The quantitative estimate of drug-likeness (QED) is 0.108. The van der Waals surface area contributed by atoms with E-state index in [0.717, 1.165) is 5.57 Å². The Labute approximate surface area is 370 Å². The van der Waals surface area contributed by atoms with Gasteiger partial charge in [-0.15, -0.1) is 0 Å². The molecule has 4 aliphatic rings. The van der Waals surface area contributed by atoms with Crippen LogP contribution in [0.1, 0.15) is 113 Å². The monoisotopic (exact) mass is 870 g/mol. The molecule has 4 heterocycles. The van der Waals surface area contributed by atoms with E-state index in [1.807, 2.05) is 58.9 Å². The van der Waals surface area contributed by atoms with Crippen molar-refractivity contribution in [3.05, 3.63) is 47.6 Å². The molecule has 3 fully saturated rings. The normalized spacial score (nSPS) is 37.6. The average molecular weight is 870 g/mol. The number of fused-ring (bicyclic) bond motifs is 3. The Morgan fingerprint density at radius 2 is 1.55 bits per heavy atom. The molecule has 11 atom stereocenters. The summed E-state index contributed by atoms with van der Waals surface area (Å²) in [5.41, 5.74) is 0.221. The number of piperidine rings is 1. The van der Waals surface area contributed by atoms with Crippen LogP contribution >= 0.6 is 0 Å². The van der Waals surface area contributed by atoms with Gasteiger partial charge in [-0.3, -0.25) is 19.2 Å².